The predicted molar refractivity (Wildman–Crippen MR) is 125 cm³/mol. The van der Waals surface area contributed by atoms with Gasteiger partial charge >= 0.3 is 12.0 Å². The SMILES string of the molecule is CCCCNC(=O)NC(=O)COC(=O)c1ccccc1C(=O)c1ccc(OCC)c(OCC)c1. The number of urea groups is 1. The molecule has 0 unspecified atom stereocenters. The zero-order valence-electron chi connectivity index (χ0n) is 19.6. The molecule has 2 aromatic rings. The third-order valence-electron chi connectivity index (χ3n) is 4.60. The normalized spacial score (nSPS) is 10.2. The van der Waals surface area contributed by atoms with Gasteiger partial charge in [0.15, 0.2) is 23.9 Å². The number of carbonyl (C=O) groups excluding carboxylic acids is 4. The van der Waals surface area contributed by atoms with E-state index in [0.29, 0.717) is 36.8 Å². The van der Waals surface area contributed by atoms with Crippen LogP contribution >= 0.6 is 0 Å². The molecule has 0 aliphatic rings. The second-order valence-corrected chi connectivity index (χ2v) is 7.14. The first-order valence-corrected chi connectivity index (χ1v) is 11.2. The number of unbranched alkanes of at least 4 members (excludes halogenated alkanes) is 1. The van der Waals surface area contributed by atoms with Gasteiger partial charge in [-0.2, -0.15) is 0 Å². The summed E-state index contributed by atoms with van der Waals surface area (Å²) in [5, 5.41) is 4.61. The Kier molecular flexibility index (Phi) is 10.6. The van der Waals surface area contributed by atoms with E-state index in [9.17, 15) is 19.2 Å². The van der Waals surface area contributed by atoms with Gasteiger partial charge in [-0.3, -0.25) is 14.9 Å². The summed E-state index contributed by atoms with van der Waals surface area (Å²) < 4.78 is 16.1. The van der Waals surface area contributed by atoms with Crippen molar-refractivity contribution in [2.24, 2.45) is 0 Å². The van der Waals surface area contributed by atoms with Crippen LogP contribution < -0.4 is 20.1 Å². The molecule has 0 radical (unpaired) electrons. The number of hydrogen-bond acceptors (Lipinski definition) is 7. The van der Waals surface area contributed by atoms with Gasteiger partial charge in [0.05, 0.1) is 18.8 Å². The van der Waals surface area contributed by atoms with E-state index in [2.05, 4.69) is 10.6 Å². The van der Waals surface area contributed by atoms with Crippen LogP contribution in [0.25, 0.3) is 0 Å². The molecule has 2 aromatic carbocycles. The van der Waals surface area contributed by atoms with Gasteiger partial charge in [0.25, 0.3) is 5.91 Å². The molecule has 0 saturated carbocycles. The Hall–Kier alpha value is -3.88. The predicted octanol–water partition coefficient (Wildman–Crippen LogP) is 3.50. The fourth-order valence-corrected chi connectivity index (χ4v) is 3.00. The van der Waals surface area contributed by atoms with Crippen LogP contribution in [0.5, 0.6) is 11.5 Å². The van der Waals surface area contributed by atoms with Crippen LogP contribution in [0.3, 0.4) is 0 Å². The first-order chi connectivity index (χ1) is 16.4. The highest BCUT2D eigenvalue weighted by Crippen LogP contribution is 2.30. The number of rotatable bonds is 12. The number of esters is 1. The maximum absolute atomic E-state index is 13.2. The summed E-state index contributed by atoms with van der Waals surface area (Å²) in [5.74, 6) is -1.13. The molecule has 2 N–H and O–H groups in total. The third-order valence-corrected chi connectivity index (χ3v) is 4.60. The molecule has 0 aliphatic carbocycles. The van der Waals surface area contributed by atoms with Gasteiger partial charge in [0, 0.05) is 17.7 Å². The summed E-state index contributed by atoms with van der Waals surface area (Å²) >= 11 is 0. The van der Waals surface area contributed by atoms with Crippen molar-refractivity contribution in [3.8, 4) is 11.5 Å². The monoisotopic (exact) mass is 470 g/mol. The number of amides is 3. The lowest BCUT2D eigenvalue weighted by molar-refractivity contribution is -0.123. The standard InChI is InChI=1S/C25H30N2O7/c1-4-7-14-26-25(31)27-22(28)16-34-24(30)19-11-9-8-10-18(19)23(29)17-12-13-20(32-5-2)21(15-17)33-6-3/h8-13,15H,4-7,14,16H2,1-3H3,(H2,26,27,28,31). The molecule has 2 rings (SSSR count). The lowest BCUT2D eigenvalue weighted by Crippen LogP contribution is -2.41. The molecule has 3 amide bonds. The van der Waals surface area contributed by atoms with E-state index < -0.39 is 30.3 Å². The van der Waals surface area contributed by atoms with Crippen molar-refractivity contribution >= 4 is 23.7 Å². The minimum absolute atomic E-state index is 0.000424. The van der Waals surface area contributed by atoms with Crippen LogP contribution in [0.4, 0.5) is 4.79 Å². The van der Waals surface area contributed by atoms with Crippen LogP contribution in [0.2, 0.25) is 0 Å². The fraction of sp³-hybridized carbons (Fsp3) is 0.360. The van der Waals surface area contributed by atoms with Gasteiger partial charge in [0.2, 0.25) is 0 Å². The molecule has 0 spiro atoms. The quantitative estimate of drug-likeness (QED) is 0.277. The Morgan fingerprint density at radius 3 is 2.21 bits per heavy atom. The number of nitrogens with one attached hydrogen (secondary N) is 2. The zero-order chi connectivity index (χ0) is 24.9. The first-order valence-electron chi connectivity index (χ1n) is 11.2. The summed E-state index contributed by atoms with van der Waals surface area (Å²) in [6.45, 7) is 6.23. The van der Waals surface area contributed by atoms with Crippen molar-refractivity contribution in [1.29, 1.82) is 0 Å². The van der Waals surface area contributed by atoms with Gasteiger partial charge in [-0.25, -0.2) is 9.59 Å². The van der Waals surface area contributed by atoms with Crippen molar-refractivity contribution in [1.82, 2.24) is 10.6 Å². The van der Waals surface area contributed by atoms with Crippen molar-refractivity contribution in [3.63, 3.8) is 0 Å². The summed E-state index contributed by atoms with van der Waals surface area (Å²) in [7, 11) is 0. The minimum atomic E-state index is -0.860. The molecule has 0 saturated heterocycles. The second kappa shape index (κ2) is 13.6. The second-order valence-electron chi connectivity index (χ2n) is 7.14. The van der Waals surface area contributed by atoms with Gasteiger partial charge in [-0.1, -0.05) is 31.5 Å². The Balaban J connectivity index is 2.11. The summed E-state index contributed by atoms with van der Waals surface area (Å²) in [6.07, 6.45) is 1.68. The van der Waals surface area contributed by atoms with E-state index in [4.69, 9.17) is 14.2 Å². The van der Waals surface area contributed by atoms with Crippen molar-refractivity contribution in [2.75, 3.05) is 26.4 Å². The van der Waals surface area contributed by atoms with Gasteiger partial charge < -0.3 is 19.5 Å². The lowest BCUT2D eigenvalue weighted by Gasteiger charge is -2.13. The van der Waals surface area contributed by atoms with E-state index in [1.807, 2.05) is 20.8 Å². The Morgan fingerprint density at radius 2 is 1.53 bits per heavy atom. The van der Waals surface area contributed by atoms with Crippen LogP contribution in [0.1, 0.15) is 59.9 Å². The molecule has 182 valence electrons. The average Bonchev–Trinajstić information content (AvgIpc) is 2.83. The number of imide groups is 1. The molecule has 0 fully saturated rings. The molecule has 9 heteroatoms. The Labute approximate surface area is 198 Å². The fourth-order valence-electron chi connectivity index (χ4n) is 3.00. The number of benzene rings is 2. The third kappa shape index (κ3) is 7.61. The topological polar surface area (TPSA) is 120 Å². The molecule has 0 aromatic heterocycles. The van der Waals surface area contributed by atoms with Crippen LogP contribution in [-0.4, -0.2) is 50.1 Å². The highest BCUT2D eigenvalue weighted by atomic mass is 16.5. The highest BCUT2D eigenvalue weighted by Gasteiger charge is 2.21. The summed E-state index contributed by atoms with van der Waals surface area (Å²) in [4.78, 5) is 49.3. The van der Waals surface area contributed by atoms with Crippen LogP contribution in [0.15, 0.2) is 42.5 Å². The van der Waals surface area contributed by atoms with Gasteiger partial charge in [-0.15, -0.1) is 0 Å². The highest BCUT2D eigenvalue weighted by molar-refractivity contribution is 6.14. The van der Waals surface area contributed by atoms with E-state index in [-0.39, 0.29) is 11.1 Å². The van der Waals surface area contributed by atoms with E-state index in [1.54, 1.807) is 30.3 Å². The van der Waals surface area contributed by atoms with Crippen molar-refractivity contribution in [3.05, 3.63) is 59.2 Å². The van der Waals surface area contributed by atoms with Crippen LogP contribution in [0, 0.1) is 0 Å². The molecule has 0 heterocycles. The number of carbonyl (C=O) groups is 4. The zero-order valence-corrected chi connectivity index (χ0v) is 19.6. The lowest BCUT2D eigenvalue weighted by atomic mass is 9.98. The maximum atomic E-state index is 13.2. The van der Waals surface area contributed by atoms with E-state index >= 15 is 0 Å². The molecule has 34 heavy (non-hydrogen) atoms. The smallest absolute Gasteiger partial charge is 0.339 e. The van der Waals surface area contributed by atoms with Gasteiger partial charge in [0.1, 0.15) is 0 Å². The van der Waals surface area contributed by atoms with E-state index in [0.717, 1.165) is 12.8 Å². The van der Waals surface area contributed by atoms with Crippen molar-refractivity contribution < 1.29 is 33.4 Å². The molecule has 0 atom stereocenters. The molecular formula is C25H30N2O7. The van der Waals surface area contributed by atoms with Crippen molar-refractivity contribution in [2.45, 2.75) is 33.6 Å². The minimum Gasteiger partial charge on any atom is -0.490 e. The molecule has 0 bridgehead atoms. The number of ether oxygens (including phenoxy) is 3. The average molecular weight is 471 g/mol. The number of hydrogen-bond donors (Lipinski definition) is 2. The molecular weight excluding hydrogens is 440 g/mol. The Morgan fingerprint density at radius 1 is 0.853 bits per heavy atom. The Bertz CT molecular complexity index is 1020. The summed E-state index contributed by atoms with van der Waals surface area (Å²) in [6, 6.07) is 10.3. The largest absolute Gasteiger partial charge is 0.490 e. The molecule has 0 aliphatic heterocycles. The van der Waals surface area contributed by atoms with Gasteiger partial charge in [-0.05, 0) is 44.5 Å². The first kappa shape index (κ1) is 26.4. The van der Waals surface area contributed by atoms with Crippen LogP contribution in [-0.2, 0) is 9.53 Å². The maximum Gasteiger partial charge on any atom is 0.339 e. The molecule has 9 nitrogen and oxygen atoms in total. The number of ketones is 1. The van der Waals surface area contributed by atoms with E-state index in [1.165, 1.54) is 12.1 Å². The summed E-state index contributed by atoms with van der Waals surface area (Å²) in [5.41, 5.74) is 0.407.